The molecule has 0 bridgehead atoms. The Morgan fingerprint density at radius 3 is 2.50 bits per heavy atom. The van der Waals surface area contributed by atoms with Crippen molar-refractivity contribution >= 4 is 0 Å². The predicted molar refractivity (Wildman–Crippen MR) is 70.2 cm³/mol. The van der Waals surface area contributed by atoms with Gasteiger partial charge in [-0.1, -0.05) is 19.9 Å². The maximum atomic E-state index is 13.6. The van der Waals surface area contributed by atoms with Crippen molar-refractivity contribution in [3.05, 3.63) is 29.6 Å². The van der Waals surface area contributed by atoms with Crippen molar-refractivity contribution in [3.63, 3.8) is 0 Å². The van der Waals surface area contributed by atoms with Crippen molar-refractivity contribution in [2.75, 3.05) is 13.7 Å². The van der Waals surface area contributed by atoms with Crippen LogP contribution in [-0.4, -0.2) is 24.4 Å². The number of benzene rings is 1. The number of rotatable bonds is 7. The molecule has 0 saturated heterocycles. The minimum atomic E-state index is -0.705. The van der Waals surface area contributed by atoms with Crippen LogP contribution in [-0.2, 0) is 6.54 Å². The molecule has 1 aromatic carbocycles. The smallest absolute Gasteiger partial charge is 0.131 e. The largest absolute Gasteiger partial charge is 0.497 e. The van der Waals surface area contributed by atoms with Crippen molar-refractivity contribution in [3.8, 4) is 5.75 Å². The highest BCUT2D eigenvalue weighted by atomic mass is 19.1. The van der Waals surface area contributed by atoms with E-state index in [-0.39, 0.29) is 5.82 Å². The average Bonchev–Trinajstić information content (AvgIpc) is 2.40. The molecular weight excluding hydrogens is 233 g/mol. The van der Waals surface area contributed by atoms with E-state index in [9.17, 15) is 9.50 Å². The number of methoxy groups -OCH3 is 1. The molecule has 102 valence electrons. The zero-order valence-corrected chi connectivity index (χ0v) is 11.3. The van der Waals surface area contributed by atoms with E-state index in [0.29, 0.717) is 37.2 Å². The monoisotopic (exact) mass is 255 g/mol. The normalized spacial score (nSPS) is 11.6. The van der Waals surface area contributed by atoms with E-state index in [1.54, 1.807) is 12.1 Å². The standard InChI is InChI=1S/C14H22FNO2/c1-4-14(17,5-2)10-16-9-11-6-7-12(18-3)8-13(11)15/h6-8,16-17H,4-5,9-10H2,1-3H3. The summed E-state index contributed by atoms with van der Waals surface area (Å²) in [4.78, 5) is 0. The molecule has 2 N–H and O–H groups in total. The summed E-state index contributed by atoms with van der Waals surface area (Å²) in [6, 6.07) is 4.78. The first-order valence-electron chi connectivity index (χ1n) is 6.30. The van der Waals surface area contributed by atoms with Crippen molar-refractivity contribution in [1.29, 1.82) is 0 Å². The van der Waals surface area contributed by atoms with Crippen LogP contribution in [0.3, 0.4) is 0 Å². The minimum absolute atomic E-state index is 0.293. The summed E-state index contributed by atoms with van der Waals surface area (Å²) in [5.41, 5.74) is -0.131. The highest BCUT2D eigenvalue weighted by Gasteiger charge is 2.21. The van der Waals surface area contributed by atoms with Crippen LogP contribution in [0.25, 0.3) is 0 Å². The average molecular weight is 255 g/mol. The van der Waals surface area contributed by atoms with Gasteiger partial charge in [0.25, 0.3) is 0 Å². The Bertz CT molecular complexity index is 378. The molecule has 0 amide bonds. The number of hydrogen-bond acceptors (Lipinski definition) is 3. The Kier molecular flexibility index (Phi) is 5.56. The first-order valence-corrected chi connectivity index (χ1v) is 6.30. The van der Waals surface area contributed by atoms with Crippen molar-refractivity contribution in [1.82, 2.24) is 5.32 Å². The van der Waals surface area contributed by atoms with Crippen LogP contribution in [0.2, 0.25) is 0 Å². The molecule has 0 aliphatic carbocycles. The quantitative estimate of drug-likeness (QED) is 0.786. The molecule has 0 unspecified atom stereocenters. The molecule has 0 saturated carbocycles. The van der Waals surface area contributed by atoms with Gasteiger partial charge in [0, 0.05) is 24.7 Å². The van der Waals surface area contributed by atoms with Gasteiger partial charge >= 0.3 is 0 Å². The minimum Gasteiger partial charge on any atom is -0.497 e. The van der Waals surface area contributed by atoms with Gasteiger partial charge in [0.05, 0.1) is 12.7 Å². The Morgan fingerprint density at radius 2 is 2.00 bits per heavy atom. The van der Waals surface area contributed by atoms with Gasteiger partial charge in [0.1, 0.15) is 11.6 Å². The van der Waals surface area contributed by atoms with Crippen LogP contribution in [0.4, 0.5) is 4.39 Å². The summed E-state index contributed by atoms with van der Waals surface area (Å²) >= 11 is 0. The van der Waals surface area contributed by atoms with Gasteiger partial charge in [-0.25, -0.2) is 4.39 Å². The van der Waals surface area contributed by atoms with Crippen LogP contribution in [0.5, 0.6) is 5.75 Å². The highest BCUT2D eigenvalue weighted by molar-refractivity contribution is 5.28. The van der Waals surface area contributed by atoms with E-state index in [0.717, 1.165) is 0 Å². The summed E-state index contributed by atoms with van der Waals surface area (Å²) in [7, 11) is 1.51. The highest BCUT2D eigenvalue weighted by Crippen LogP contribution is 2.17. The molecule has 0 atom stereocenters. The zero-order chi connectivity index (χ0) is 13.6. The van der Waals surface area contributed by atoms with E-state index >= 15 is 0 Å². The summed E-state index contributed by atoms with van der Waals surface area (Å²) in [5.74, 6) is 0.216. The van der Waals surface area contributed by atoms with Crippen molar-refractivity contribution in [2.45, 2.75) is 38.8 Å². The van der Waals surface area contributed by atoms with Crippen molar-refractivity contribution in [2.24, 2.45) is 0 Å². The predicted octanol–water partition coefficient (Wildman–Crippen LogP) is 2.48. The fourth-order valence-electron chi connectivity index (χ4n) is 1.73. The summed E-state index contributed by atoms with van der Waals surface area (Å²) in [6.45, 7) is 4.75. The maximum absolute atomic E-state index is 13.6. The van der Waals surface area contributed by atoms with Crippen LogP contribution < -0.4 is 10.1 Å². The van der Waals surface area contributed by atoms with Gasteiger partial charge in [-0.2, -0.15) is 0 Å². The number of aliphatic hydroxyl groups is 1. The van der Waals surface area contributed by atoms with Gasteiger partial charge in [-0.05, 0) is 18.9 Å². The number of nitrogens with one attached hydrogen (secondary N) is 1. The molecular formula is C14H22FNO2. The second-order valence-corrected chi connectivity index (χ2v) is 4.49. The first kappa shape index (κ1) is 14.9. The van der Waals surface area contributed by atoms with Crippen LogP contribution >= 0.6 is 0 Å². The van der Waals surface area contributed by atoms with Gasteiger partial charge in [-0.15, -0.1) is 0 Å². The Balaban J connectivity index is 2.54. The van der Waals surface area contributed by atoms with E-state index in [1.807, 2.05) is 13.8 Å². The Labute approximate surface area is 108 Å². The van der Waals surface area contributed by atoms with Crippen LogP contribution in [0.1, 0.15) is 32.3 Å². The molecule has 0 spiro atoms. The topological polar surface area (TPSA) is 41.5 Å². The van der Waals surface area contributed by atoms with Gasteiger partial charge in [0.15, 0.2) is 0 Å². The fraction of sp³-hybridized carbons (Fsp3) is 0.571. The molecule has 0 aliphatic heterocycles. The lowest BCUT2D eigenvalue weighted by atomic mass is 9.97. The molecule has 0 fully saturated rings. The molecule has 1 aromatic rings. The molecule has 18 heavy (non-hydrogen) atoms. The second kappa shape index (κ2) is 6.71. The Morgan fingerprint density at radius 1 is 1.33 bits per heavy atom. The lowest BCUT2D eigenvalue weighted by Crippen LogP contribution is -2.39. The molecule has 0 aromatic heterocycles. The van der Waals surface area contributed by atoms with Gasteiger partial charge in [0.2, 0.25) is 0 Å². The van der Waals surface area contributed by atoms with Crippen molar-refractivity contribution < 1.29 is 14.2 Å². The summed E-state index contributed by atoms with van der Waals surface area (Å²) in [5, 5.41) is 13.2. The molecule has 4 heteroatoms. The molecule has 0 aliphatic rings. The SMILES string of the molecule is CCC(O)(CC)CNCc1ccc(OC)cc1F. The van der Waals surface area contributed by atoms with Crippen LogP contribution in [0.15, 0.2) is 18.2 Å². The van der Waals surface area contributed by atoms with Crippen LogP contribution in [0, 0.1) is 5.82 Å². The number of hydrogen-bond donors (Lipinski definition) is 2. The third-order valence-electron chi connectivity index (χ3n) is 3.35. The first-order chi connectivity index (χ1) is 8.54. The van der Waals surface area contributed by atoms with E-state index in [4.69, 9.17) is 4.74 Å². The third-order valence-corrected chi connectivity index (χ3v) is 3.35. The number of ether oxygens (including phenoxy) is 1. The molecule has 3 nitrogen and oxygen atoms in total. The van der Waals surface area contributed by atoms with E-state index in [1.165, 1.54) is 13.2 Å². The lowest BCUT2D eigenvalue weighted by Gasteiger charge is -2.25. The van der Waals surface area contributed by atoms with E-state index in [2.05, 4.69) is 5.32 Å². The maximum Gasteiger partial charge on any atom is 0.131 e. The third kappa shape index (κ3) is 3.96. The number of halogens is 1. The van der Waals surface area contributed by atoms with Gasteiger partial charge < -0.3 is 15.2 Å². The molecule has 0 heterocycles. The second-order valence-electron chi connectivity index (χ2n) is 4.49. The Hall–Kier alpha value is -1.13. The fourth-order valence-corrected chi connectivity index (χ4v) is 1.73. The molecule has 0 radical (unpaired) electrons. The summed E-state index contributed by atoms with van der Waals surface area (Å²) in [6.07, 6.45) is 1.36. The lowest BCUT2D eigenvalue weighted by molar-refractivity contribution is 0.0322. The van der Waals surface area contributed by atoms with E-state index < -0.39 is 5.60 Å². The zero-order valence-electron chi connectivity index (χ0n) is 11.3. The van der Waals surface area contributed by atoms with Gasteiger partial charge in [-0.3, -0.25) is 0 Å². The molecule has 1 rings (SSSR count). The summed E-state index contributed by atoms with van der Waals surface area (Å²) < 4.78 is 18.6.